The molecule has 0 bridgehead atoms. The van der Waals surface area contributed by atoms with Gasteiger partial charge in [0.05, 0.1) is 19.8 Å². The van der Waals surface area contributed by atoms with Crippen LogP contribution in [-0.2, 0) is 24.0 Å². The van der Waals surface area contributed by atoms with E-state index in [1.807, 2.05) is 0 Å². The highest BCUT2D eigenvalue weighted by atomic mass is 17.2. The fraction of sp³-hybridized carbons (Fsp3) is 1.00. The lowest BCUT2D eigenvalue weighted by Gasteiger charge is -2.06. The highest BCUT2D eigenvalue weighted by molar-refractivity contribution is 4.32. The van der Waals surface area contributed by atoms with Crippen LogP contribution < -0.4 is 0 Å². The molecule has 0 aromatic carbocycles. The third-order valence-electron chi connectivity index (χ3n) is 2.18. The first kappa shape index (κ1) is 17.8. The van der Waals surface area contributed by atoms with Crippen LogP contribution in [0.15, 0.2) is 0 Å². The van der Waals surface area contributed by atoms with Gasteiger partial charge in [-0.15, -0.1) is 0 Å². The van der Waals surface area contributed by atoms with Gasteiger partial charge in [0, 0.05) is 13.2 Å². The van der Waals surface area contributed by atoms with Crippen molar-refractivity contribution in [1.29, 1.82) is 0 Å². The van der Waals surface area contributed by atoms with Gasteiger partial charge in [-0.25, -0.2) is 9.78 Å². The normalized spacial score (nSPS) is 11.0. The van der Waals surface area contributed by atoms with Crippen LogP contribution in [-0.4, -0.2) is 46.4 Å². The van der Waals surface area contributed by atoms with Crippen molar-refractivity contribution in [1.82, 2.24) is 0 Å². The van der Waals surface area contributed by atoms with E-state index in [1.165, 1.54) is 0 Å². The molecule has 0 heterocycles. The Hall–Kier alpha value is -0.200. The quantitative estimate of drug-likeness (QED) is 0.197. The van der Waals surface area contributed by atoms with Crippen LogP contribution in [0.25, 0.3) is 0 Å². The van der Waals surface area contributed by atoms with Gasteiger partial charge in [0.1, 0.15) is 6.61 Å². The van der Waals surface area contributed by atoms with Crippen molar-refractivity contribution in [2.24, 2.45) is 0 Å². The molecule has 0 fully saturated rings. The molecule has 0 rings (SSSR count). The zero-order valence-corrected chi connectivity index (χ0v) is 11.8. The standard InChI is InChI=1S/C13H28O5/c1-3-5-7-14-9-10-16-13-18-17-12-11-15-8-6-4-2/h3-13H2,1-2H3. The molecule has 0 N–H and O–H groups in total. The Kier molecular flexibility index (Phi) is 16.6. The number of unbranched alkanes of at least 4 members (excludes halogenated alkanes) is 2. The molecule has 0 aromatic rings. The Balaban J connectivity index is 2.86. The zero-order chi connectivity index (χ0) is 13.3. The molecular formula is C13H28O5. The molecule has 110 valence electrons. The van der Waals surface area contributed by atoms with Crippen LogP contribution >= 0.6 is 0 Å². The first-order valence-electron chi connectivity index (χ1n) is 6.89. The van der Waals surface area contributed by atoms with E-state index < -0.39 is 0 Å². The minimum Gasteiger partial charge on any atom is -0.379 e. The summed E-state index contributed by atoms with van der Waals surface area (Å²) in [5.41, 5.74) is 0. The SMILES string of the molecule is CCCCOCCOCOOCCOCCCC. The molecule has 0 spiro atoms. The van der Waals surface area contributed by atoms with Crippen molar-refractivity contribution >= 4 is 0 Å². The van der Waals surface area contributed by atoms with Crippen molar-refractivity contribution in [2.45, 2.75) is 39.5 Å². The summed E-state index contributed by atoms with van der Waals surface area (Å²) in [4.78, 5) is 9.68. The number of rotatable bonds is 15. The lowest BCUT2D eigenvalue weighted by molar-refractivity contribution is -0.340. The average Bonchev–Trinajstić information content (AvgIpc) is 2.39. The van der Waals surface area contributed by atoms with E-state index in [0.29, 0.717) is 26.4 Å². The largest absolute Gasteiger partial charge is 0.379 e. The van der Waals surface area contributed by atoms with Crippen LogP contribution in [0.2, 0.25) is 0 Å². The molecule has 0 saturated carbocycles. The Labute approximate surface area is 111 Å². The number of hydrogen-bond acceptors (Lipinski definition) is 5. The molecule has 0 atom stereocenters. The third-order valence-corrected chi connectivity index (χ3v) is 2.18. The fourth-order valence-corrected chi connectivity index (χ4v) is 1.09. The zero-order valence-electron chi connectivity index (χ0n) is 11.8. The molecule has 0 saturated heterocycles. The maximum Gasteiger partial charge on any atom is 0.180 e. The van der Waals surface area contributed by atoms with Crippen molar-refractivity contribution < 1.29 is 24.0 Å². The van der Waals surface area contributed by atoms with E-state index in [2.05, 4.69) is 13.8 Å². The molecule has 0 aliphatic rings. The third kappa shape index (κ3) is 15.8. The van der Waals surface area contributed by atoms with Crippen molar-refractivity contribution in [2.75, 3.05) is 46.4 Å². The van der Waals surface area contributed by atoms with Crippen LogP contribution in [0.3, 0.4) is 0 Å². The molecule has 0 aromatic heterocycles. The van der Waals surface area contributed by atoms with E-state index in [9.17, 15) is 0 Å². The predicted octanol–water partition coefficient (Wildman–Crippen LogP) is 2.54. The first-order chi connectivity index (χ1) is 8.91. The van der Waals surface area contributed by atoms with Gasteiger partial charge in [-0.3, -0.25) is 0 Å². The van der Waals surface area contributed by atoms with Gasteiger partial charge < -0.3 is 14.2 Å². The van der Waals surface area contributed by atoms with Crippen molar-refractivity contribution in [3.8, 4) is 0 Å². The van der Waals surface area contributed by atoms with Gasteiger partial charge in [0.2, 0.25) is 0 Å². The maximum atomic E-state index is 5.32. The maximum absolute atomic E-state index is 5.32. The smallest absolute Gasteiger partial charge is 0.180 e. The Bertz CT molecular complexity index is 127. The van der Waals surface area contributed by atoms with Gasteiger partial charge in [0.25, 0.3) is 0 Å². The minimum atomic E-state index is 0.131. The first-order valence-corrected chi connectivity index (χ1v) is 6.89. The second-order valence-corrected chi connectivity index (χ2v) is 3.90. The Morgan fingerprint density at radius 2 is 1.11 bits per heavy atom. The second kappa shape index (κ2) is 16.8. The number of ether oxygens (including phenoxy) is 3. The van der Waals surface area contributed by atoms with Gasteiger partial charge in [-0.1, -0.05) is 26.7 Å². The van der Waals surface area contributed by atoms with Crippen LogP contribution in [0.4, 0.5) is 0 Å². The summed E-state index contributed by atoms with van der Waals surface area (Å²) in [6.45, 7) is 8.09. The number of hydrogen-bond donors (Lipinski definition) is 0. The molecular weight excluding hydrogens is 236 g/mol. The average molecular weight is 264 g/mol. The van der Waals surface area contributed by atoms with E-state index in [0.717, 1.165) is 38.9 Å². The predicted molar refractivity (Wildman–Crippen MR) is 69.3 cm³/mol. The summed E-state index contributed by atoms with van der Waals surface area (Å²) in [5, 5.41) is 0. The van der Waals surface area contributed by atoms with Gasteiger partial charge in [-0.2, -0.15) is 0 Å². The van der Waals surface area contributed by atoms with E-state index in [1.54, 1.807) is 0 Å². The van der Waals surface area contributed by atoms with Crippen LogP contribution in [0.1, 0.15) is 39.5 Å². The Morgan fingerprint density at radius 1 is 0.556 bits per heavy atom. The molecule has 5 heteroatoms. The fourth-order valence-electron chi connectivity index (χ4n) is 1.09. The summed E-state index contributed by atoms with van der Waals surface area (Å²) in [6.07, 6.45) is 4.48. The van der Waals surface area contributed by atoms with Gasteiger partial charge >= 0.3 is 0 Å². The summed E-state index contributed by atoms with van der Waals surface area (Å²) in [5.74, 6) is 0. The highest BCUT2D eigenvalue weighted by Crippen LogP contribution is 1.90. The lowest BCUT2D eigenvalue weighted by atomic mass is 10.4. The molecule has 0 amide bonds. The topological polar surface area (TPSA) is 46.2 Å². The van der Waals surface area contributed by atoms with Crippen LogP contribution in [0, 0.1) is 0 Å². The minimum absolute atomic E-state index is 0.131. The summed E-state index contributed by atoms with van der Waals surface area (Å²) < 4.78 is 15.8. The summed E-state index contributed by atoms with van der Waals surface area (Å²) in [7, 11) is 0. The molecule has 0 radical (unpaired) electrons. The van der Waals surface area contributed by atoms with Crippen LogP contribution in [0.5, 0.6) is 0 Å². The molecule has 18 heavy (non-hydrogen) atoms. The Morgan fingerprint density at radius 3 is 1.72 bits per heavy atom. The second-order valence-electron chi connectivity index (χ2n) is 3.90. The van der Waals surface area contributed by atoms with Crippen molar-refractivity contribution in [3.05, 3.63) is 0 Å². The lowest BCUT2D eigenvalue weighted by Crippen LogP contribution is -2.10. The van der Waals surface area contributed by atoms with E-state index in [-0.39, 0.29) is 6.79 Å². The monoisotopic (exact) mass is 264 g/mol. The van der Waals surface area contributed by atoms with Gasteiger partial charge in [-0.05, 0) is 12.8 Å². The summed E-state index contributed by atoms with van der Waals surface area (Å²) in [6, 6.07) is 0. The van der Waals surface area contributed by atoms with Crippen molar-refractivity contribution in [3.63, 3.8) is 0 Å². The van der Waals surface area contributed by atoms with Gasteiger partial charge in [0.15, 0.2) is 6.79 Å². The summed E-state index contributed by atoms with van der Waals surface area (Å²) >= 11 is 0. The van der Waals surface area contributed by atoms with E-state index >= 15 is 0 Å². The highest BCUT2D eigenvalue weighted by Gasteiger charge is 1.92. The van der Waals surface area contributed by atoms with E-state index in [4.69, 9.17) is 24.0 Å². The molecule has 0 aliphatic heterocycles. The molecule has 0 aliphatic carbocycles. The molecule has 0 unspecified atom stereocenters. The molecule has 5 nitrogen and oxygen atoms in total.